The van der Waals surface area contributed by atoms with Crippen LogP contribution in [0.15, 0.2) is 41.8 Å². The van der Waals surface area contributed by atoms with Crippen LogP contribution in [0, 0.1) is 16.7 Å². The van der Waals surface area contributed by atoms with Crippen molar-refractivity contribution in [3.63, 3.8) is 0 Å². The smallest absolute Gasteiger partial charge is 0.0998 e. The number of rotatable bonds is 4. The first-order valence-corrected chi connectivity index (χ1v) is 6.44. The predicted octanol–water partition coefficient (Wildman–Crippen LogP) is 2.80. The van der Waals surface area contributed by atoms with Gasteiger partial charge in [0.2, 0.25) is 0 Å². The quantitative estimate of drug-likeness (QED) is 0.314. The average molecular weight is 258 g/mol. The molecule has 4 N–H and O–H groups in total. The van der Waals surface area contributed by atoms with E-state index >= 15 is 0 Å². The van der Waals surface area contributed by atoms with Crippen molar-refractivity contribution in [2.24, 2.45) is 11.7 Å². The number of likely N-dealkylation sites (tertiary alicyclic amines) is 1. The molecule has 1 unspecified atom stereocenters. The van der Waals surface area contributed by atoms with Crippen LogP contribution in [0.25, 0.3) is 0 Å². The molecule has 102 valence electrons. The van der Waals surface area contributed by atoms with Crippen LogP contribution in [0.2, 0.25) is 0 Å². The Balaban J connectivity index is 2.68. The zero-order chi connectivity index (χ0) is 14.3. The molecule has 0 aromatic heterocycles. The van der Waals surface area contributed by atoms with Crippen LogP contribution in [-0.2, 0) is 0 Å². The molecule has 0 radical (unpaired) electrons. The SMILES string of the molecule is CC=C=C/C=C(C)/C=C/N1CC(C(=N)N)CCC1=N. The first kappa shape index (κ1) is 15.0. The molecule has 1 atom stereocenters. The van der Waals surface area contributed by atoms with Crippen LogP contribution in [-0.4, -0.2) is 23.1 Å². The number of nitrogens with one attached hydrogen (secondary N) is 2. The topological polar surface area (TPSA) is 77.0 Å². The van der Waals surface area contributed by atoms with E-state index in [4.69, 9.17) is 16.6 Å². The standard InChI is InChI=1S/C15H22N4/c1-3-4-5-6-12(2)9-10-19-11-13(15(17)18)7-8-14(19)16/h3,5-6,9-10,13,16H,7-8,11H2,1-2H3,(H3,17,18)/b10-9+,12-6+,16-14?. The first-order valence-electron chi connectivity index (χ1n) is 6.44. The van der Waals surface area contributed by atoms with Crippen molar-refractivity contribution < 1.29 is 0 Å². The molecule has 19 heavy (non-hydrogen) atoms. The van der Waals surface area contributed by atoms with Crippen molar-refractivity contribution in [3.05, 3.63) is 41.8 Å². The molecular weight excluding hydrogens is 236 g/mol. The summed E-state index contributed by atoms with van der Waals surface area (Å²) >= 11 is 0. The minimum atomic E-state index is 0.0611. The van der Waals surface area contributed by atoms with Gasteiger partial charge in [0, 0.05) is 25.1 Å². The highest BCUT2D eigenvalue weighted by atomic mass is 15.2. The third-order valence-electron chi connectivity index (χ3n) is 3.06. The van der Waals surface area contributed by atoms with Gasteiger partial charge in [0.05, 0.1) is 11.7 Å². The summed E-state index contributed by atoms with van der Waals surface area (Å²) in [6.07, 6.45) is 11.0. The Morgan fingerprint density at radius 1 is 1.53 bits per heavy atom. The summed E-state index contributed by atoms with van der Waals surface area (Å²) in [5.74, 6) is 0.866. The number of amidine groups is 2. The van der Waals surface area contributed by atoms with Gasteiger partial charge in [-0.15, -0.1) is 5.73 Å². The lowest BCUT2D eigenvalue weighted by Crippen LogP contribution is -2.41. The van der Waals surface area contributed by atoms with E-state index in [1.54, 1.807) is 0 Å². The Labute approximate surface area is 115 Å². The van der Waals surface area contributed by atoms with Gasteiger partial charge in [0.1, 0.15) is 0 Å². The molecule has 0 aliphatic carbocycles. The third kappa shape index (κ3) is 4.98. The highest BCUT2D eigenvalue weighted by Crippen LogP contribution is 2.18. The monoisotopic (exact) mass is 258 g/mol. The fourth-order valence-electron chi connectivity index (χ4n) is 1.84. The minimum absolute atomic E-state index is 0.0611. The summed E-state index contributed by atoms with van der Waals surface area (Å²) in [7, 11) is 0. The Morgan fingerprint density at radius 3 is 2.89 bits per heavy atom. The van der Waals surface area contributed by atoms with E-state index in [9.17, 15) is 0 Å². The Bertz CT molecular complexity index is 465. The van der Waals surface area contributed by atoms with Gasteiger partial charge in [-0.05, 0) is 44.1 Å². The van der Waals surface area contributed by atoms with Crippen molar-refractivity contribution in [2.45, 2.75) is 26.7 Å². The van der Waals surface area contributed by atoms with Crippen molar-refractivity contribution in [1.29, 1.82) is 10.8 Å². The van der Waals surface area contributed by atoms with E-state index < -0.39 is 0 Å². The normalized spacial score (nSPS) is 20.3. The maximum Gasteiger partial charge on any atom is 0.0998 e. The Hall–Kier alpha value is -2.06. The summed E-state index contributed by atoms with van der Waals surface area (Å²) in [4.78, 5) is 1.87. The van der Waals surface area contributed by atoms with Gasteiger partial charge in [-0.3, -0.25) is 10.8 Å². The molecular formula is C15H22N4. The minimum Gasteiger partial charge on any atom is -0.387 e. The second-order valence-electron chi connectivity index (χ2n) is 4.64. The molecule has 1 heterocycles. The lowest BCUT2D eigenvalue weighted by molar-refractivity contribution is 0.412. The Kier molecular flexibility index (Phi) is 5.83. The van der Waals surface area contributed by atoms with Crippen molar-refractivity contribution >= 4 is 11.7 Å². The zero-order valence-electron chi connectivity index (χ0n) is 11.6. The van der Waals surface area contributed by atoms with E-state index in [-0.39, 0.29) is 11.8 Å². The van der Waals surface area contributed by atoms with Crippen molar-refractivity contribution in [1.82, 2.24) is 4.90 Å². The lowest BCUT2D eigenvalue weighted by atomic mass is 9.96. The molecule has 1 saturated heterocycles. The average Bonchev–Trinajstić information content (AvgIpc) is 2.37. The molecule has 0 saturated carbocycles. The summed E-state index contributed by atoms with van der Waals surface area (Å²) < 4.78 is 0. The van der Waals surface area contributed by atoms with Gasteiger partial charge in [-0.2, -0.15) is 0 Å². The Morgan fingerprint density at radius 2 is 2.26 bits per heavy atom. The van der Waals surface area contributed by atoms with E-state index in [2.05, 4.69) is 5.73 Å². The van der Waals surface area contributed by atoms with E-state index in [0.29, 0.717) is 18.8 Å². The zero-order valence-corrected chi connectivity index (χ0v) is 11.6. The summed E-state index contributed by atoms with van der Waals surface area (Å²) in [5.41, 5.74) is 9.62. The largest absolute Gasteiger partial charge is 0.387 e. The van der Waals surface area contributed by atoms with E-state index in [0.717, 1.165) is 12.0 Å². The first-order chi connectivity index (χ1) is 9.04. The van der Waals surface area contributed by atoms with Crippen LogP contribution < -0.4 is 5.73 Å². The number of hydrogen-bond acceptors (Lipinski definition) is 2. The molecule has 0 aromatic carbocycles. The lowest BCUT2D eigenvalue weighted by Gasteiger charge is -2.31. The number of allylic oxidation sites excluding steroid dienone is 4. The molecule has 4 heteroatoms. The molecule has 1 aliphatic rings. The molecule has 0 bridgehead atoms. The van der Waals surface area contributed by atoms with Crippen molar-refractivity contribution in [2.75, 3.05) is 6.54 Å². The molecule has 0 spiro atoms. The molecule has 1 aliphatic heterocycles. The number of nitrogens with zero attached hydrogens (tertiary/aromatic N) is 1. The maximum absolute atomic E-state index is 7.91. The van der Waals surface area contributed by atoms with Gasteiger partial charge in [0.15, 0.2) is 0 Å². The van der Waals surface area contributed by atoms with Gasteiger partial charge < -0.3 is 10.6 Å². The summed E-state index contributed by atoms with van der Waals surface area (Å²) in [5, 5.41) is 15.4. The fraction of sp³-hybridized carbons (Fsp3) is 0.400. The molecule has 4 nitrogen and oxygen atoms in total. The van der Waals surface area contributed by atoms with Gasteiger partial charge in [-0.1, -0.05) is 6.08 Å². The maximum atomic E-state index is 7.91. The number of hydrogen-bond donors (Lipinski definition) is 3. The van der Waals surface area contributed by atoms with Crippen molar-refractivity contribution in [3.8, 4) is 0 Å². The molecule has 0 amide bonds. The molecule has 0 aromatic rings. The van der Waals surface area contributed by atoms with Crippen LogP contribution >= 0.6 is 0 Å². The molecule has 1 fully saturated rings. The second-order valence-corrected chi connectivity index (χ2v) is 4.64. The third-order valence-corrected chi connectivity index (χ3v) is 3.06. The highest BCUT2D eigenvalue weighted by Gasteiger charge is 2.23. The predicted molar refractivity (Wildman–Crippen MR) is 80.3 cm³/mol. The highest BCUT2D eigenvalue weighted by molar-refractivity contribution is 5.86. The number of nitrogens with two attached hydrogens (primary N) is 1. The van der Waals surface area contributed by atoms with Crippen LogP contribution in [0.3, 0.4) is 0 Å². The van der Waals surface area contributed by atoms with Gasteiger partial charge in [-0.25, -0.2) is 0 Å². The molecule has 1 rings (SSSR count). The van der Waals surface area contributed by atoms with Crippen LogP contribution in [0.1, 0.15) is 26.7 Å². The summed E-state index contributed by atoms with van der Waals surface area (Å²) in [6.45, 7) is 4.55. The van der Waals surface area contributed by atoms with Gasteiger partial charge >= 0.3 is 0 Å². The fourth-order valence-corrected chi connectivity index (χ4v) is 1.84. The van der Waals surface area contributed by atoms with Crippen LogP contribution in [0.5, 0.6) is 0 Å². The van der Waals surface area contributed by atoms with Gasteiger partial charge in [0.25, 0.3) is 0 Å². The number of piperidine rings is 1. The van der Waals surface area contributed by atoms with E-state index in [1.165, 1.54) is 0 Å². The summed E-state index contributed by atoms with van der Waals surface area (Å²) in [6, 6.07) is 0. The van der Waals surface area contributed by atoms with E-state index in [1.807, 2.05) is 49.3 Å². The second kappa shape index (κ2) is 7.39. The van der Waals surface area contributed by atoms with Crippen LogP contribution in [0.4, 0.5) is 0 Å².